The molecule has 2 aliphatic rings. The van der Waals surface area contributed by atoms with Crippen molar-refractivity contribution in [1.82, 2.24) is 0 Å². The van der Waals surface area contributed by atoms with Crippen molar-refractivity contribution in [2.75, 3.05) is 0 Å². The first kappa shape index (κ1) is 9.49. The van der Waals surface area contributed by atoms with Gasteiger partial charge in [-0.2, -0.15) is 0 Å². The predicted molar refractivity (Wildman–Crippen MR) is 44.6 cm³/mol. The molecular weight excluding hydrogens is 193 g/mol. The first-order chi connectivity index (χ1) is 6.59. The van der Waals surface area contributed by atoms with Crippen LogP contribution in [-0.2, 0) is 4.79 Å². The molecule has 1 nitrogen and oxygen atoms in total. The summed E-state index contributed by atoms with van der Waals surface area (Å²) in [6.07, 6.45) is -0.288. The van der Waals surface area contributed by atoms with Crippen molar-refractivity contribution in [1.29, 1.82) is 0 Å². The van der Waals surface area contributed by atoms with Gasteiger partial charge in [-0.1, -0.05) is 5.57 Å². The number of allylic oxidation sites excluding steroid dienone is 4. The van der Waals surface area contributed by atoms with Crippen LogP contribution in [-0.4, -0.2) is 12.0 Å². The van der Waals surface area contributed by atoms with Gasteiger partial charge in [0.1, 0.15) is 5.78 Å². The van der Waals surface area contributed by atoms with E-state index in [1.54, 1.807) is 0 Å². The van der Waals surface area contributed by atoms with Gasteiger partial charge in [0.2, 0.25) is 0 Å². The molecule has 0 aliphatic heterocycles. The summed E-state index contributed by atoms with van der Waals surface area (Å²) in [4.78, 5) is 11.0. The van der Waals surface area contributed by atoms with Crippen molar-refractivity contribution in [2.45, 2.75) is 25.4 Å². The van der Waals surface area contributed by atoms with Crippen LogP contribution in [0.15, 0.2) is 23.3 Å². The highest BCUT2D eigenvalue weighted by molar-refractivity contribution is 5.81. The van der Waals surface area contributed by atoms with E-state index in [4.69, 9.17) is 0 Å². The average Bonchev–Trinajstić information content (AvgIpc) is 2.16. The fourth-order valence-corrected chi connectivity index (χ4v) is 1.96. The van der Waals surface area contributed by atoms with E-state index in [0.717, 1.165) is 6.08 Å². The Morgan fingerprint density at radius 1 is 1.29 bits per heavy atom. The van der Waals surface area contributed by atoms with E-state index < -0.39 is 23.7 Å². The monoisotopic (exact) mass is 202 g/mol. The maximum atomic E-state index is 13.3. The Morgan fingerprint density at radius 3 is 2.71 bits per heavy atom. The van der Waals surface area contributed by atoms with Crippen LogP contribution in [0.25, 0.3) is 0 Å². The van der Waals surface area contributed by atoms with Crippen molar-refractivity contribution >= 4 is 5.78 Å². The molecule has 2 atom stereocenters. The molecule has 2 rings (SSSR count). The van der Waals surface area contributed by atoms with Gasteiger partial charge < -0.3 is 0 Å². The van der Waals surface area contributed by atoms with Gasteiger partial charge in [-0.3, -0.25) is 4.79 Å². The molecule has 0 radical (unpaired) electrons. The minimum Gasteiger partial charge on any atom is -0.300 e. The minimum absolute atomic E-state index is 0.00625. The summed E-state index contributed by atoms with van der Waals surface area (Å²) < 4.78 is 38.9. The molecule has 4 heteroatoms. The van der Waals surface area contributed by atoms with Gasteiger partial charge in [0.25, 0.3) is 0 Å². The van der Waals surface area contributed by atoms with E-state index in [9.17, 15) is 18.0 Å². The van der Waals surface area contributed by atoms with Gasteiger partial charge >= 0.3 is 0 Å². The highest BCUT2D eigenvalue weighted by atomic mass is 19.2. The second-order valence-corrected chi connectivity index (χ2v) is 3.67. The predicted octanol–water partition coefficient (Wildman–Crippen LogP) is 2.78. The lowest BCUT2D eigenvalue weighted by Crippen LogP contribution is -2.29. The maximum Gasteiger partial charge on any atom is 0.170 e. The molecule has 2 unspecified atom stereocenters. The Labute approximate surface area is 79.3 Å². The average molecular weight is 202 g/mol. The number of rotatable bonds is 0. The van der Waals surface area contributed by atoms with Crippen LogP contribution >= 0.6 is 0 Å². The van der Waals surface area contributed by atoms with Crippen LogP contribution in [0.1, 0.15) is 19.3 Å². The molecule has 76 valence electrons. The molecule has 1 saturated carbocycles. The molecule has 0 bridgehead atoms. The van der Waals surface area contributed by atoms with E-state index in [1.165, 1.54) is 0 Å². The lowest BCUT2D eigenvalue weighted by atomic mass is 9.78. The molecule has 0 spiro atoms. The number of carbonyl (C=O) groups excluding carboxylic acids is 1. The molecule has 0 heterocycles. The van der Waals surface area contributed by atoms with Crippen LogP contribution in [0, 0.1) is 5.92 Å². The third-order valence-corrected chi connectivity index (χ3v) is 2.75. The summed E-state index contributed by atoms with van der Waals surface area (Å²) in [5, 5.41) is 0. The summed E-state index contributed by atoms with van der Waals surface area (Å²) in [6.45, 7) is 0. The SMILES string of the molecule is O=C1CCC2=CC(F)=C(F)C(F)C2C1. The highest BCUT2D eigenvalue weighted by Gasteiger charge is 2.38. The Kier molecular flexibility index (Phi) is 2.21. The molecule has 14 heavy (non-hydrogen) atoms. The van der Waals surface area contributed by atoms with E-state index in [1.807, 2.05) is 0 Å². The fourth-order valence-electron chi connectivity index (χ4n) is 1.96. The summed E-state index contributed by atoms with van der Waals surface area (Å²) in [7, 11) is 0. The van der Waals surface area contributed by atoms with Crippen LogP contribution in [0.4, 0.5) is 13.2 Å². The van der Waals surface area contributed by atoms with Crippen molar-refractivity contribution in [2.24, 2.45) is 5.92 Å². The van der Waals surface area contributed by atoms with Gasteiger partial charge in [-0.15, -0.1) is 0 Å². The Balaban J connectivity index is 2.33. The molecule has 1 fully saturated rings. The molecule has 0 saturated heterocycles. The Morgan fingerprint density at radius 2 is 2.00 bits per heavy atom. The summed E-state index contributed by atoms with van der Waals surface area (Å²) in [6, 6.07) is 0. The third kappa shape index (κ3) is 1.38. The summed E-state index contributed by atoms with van der Waals surface area (Å²) in [5.74, 6) is -3.34. The van der Waals surface area contributed by atoms with Crippen molar-refractivity contribution < 1.29 is 18.0 Å². The van der Waals surface area contributed by atoms with Crippen LogP contribution in [0.3, 0.4) is 0 Å². The zero-order valence-electron chi connectivity index (χ0n) is 7.40. The zero-order valence-corrected chi connectivity index (χ0v) is 7.40. The summed E-state index contributed by atoms with van der Waals surface area (Å²) >= 11 is 0. The zero-order chi connectivity index (χ0) is 10.3. The second-order valence-electron chi connectivity index (χ2n) is 3.67. The molecule has 2 aliphatic carbocycles. The van der Waals surface area contributed by atoms with E-state index in [-0.39, 0.29) is 12.2 Å². The number of carbonyl (C=O) groups is 1. The van der Waals surface area contributed by atoms with Gasteiger partial charge in [-0.25, -0.2) is 13.2 Å². The maximum absolute atomic E-state index is 13.3. The number of Topliss-reactive ketones (excluding diaryl/α,β-unsaturated/α-hetero) is 1. The van der Waals surface area contributed by atoms with Crippen LogP contribution in [0.2, 0.25) is 0 Å². The standard InChI is InChI=1S/C10H9F3O/c11-8-3-5-1-2-6(14)4-7(5)9(12)10(8)13/h3,7,9H,1-2,4H2. The van der Waals surface area contributed by atoms with E-state index >= 15 is 0 Å². The van der Waals surface area contributed by atoms with Gasteiger partial charge in [0.15, 0.2) is 17.8 Å². The van der Waals surface area contributed by atoms with E-state index in [2.05, 4.69) is 0 Å². The smallest absolute Gasteiger partial charge is 0.170 e. The van der Waals surface area contributed by atoms with Crippen LogP contribution < -0.4 is 0 Å². The largest absolute Gasteiger partial charge is 0.300 e. The molecule has 0 amide bonds. The molecule has 0 aromatic rings. The van der Waals surface area contributed by atoms with Crippen LogP contribution in [0.5, 0.6) is 0 Å². The number of fused-ring (bicyclic) bond motifs is 1. The molecule has 0 aromatic carbocycles. The van der Waals surface area contributed by atoms with Crippen molar-refractivity contribution in [3.05, 3.63) is 23.3 Å². The fraction of sp³-hybridized carbons (Fsp3) is 0.500. The lowest BCUT2D eigenvalue weighted by Gasteiger charge is -2.29. The van der Waals surface area contributed by atoms with Gasteiger partial charge in [0, 0.05) is 18.8 Å². The van der Waals surface area contributed by atoms with Gasteiger partial charge in [-0.05, 0) is 12.5 Å². The van der Waals surface area contributed by atoms with Crippen molar-refractivity contribution in [3.63, 3.8) is 0 Å². The first-order valence-corrected chi connectivity index (χ1v) is 4.51. The number of alkyl halides is 1. The second kappa shape index (κ2) is 3.26. The first-order valence-electron chi connectivity index (χ1n) is 4.51. The van der Waals surface area contributed by atoms with Gasteiger partial charge in [0.05, 0.1) is 0 Å². The third-order valence-electron chi connectivity index (χ3n) is 2.75. The molecule has 0 N–H and O–H groups in total. The normalized spacial score (nSPS) is 32.8. The molecular formula is C10H9F3O. The topological polar surface area (TPSA) is 17.1 Å². The Bertz CT molecular complexity index is 343. The number of halogens is 3. The summed E-state index contributed by atoms with van der Waals surface area (Å²) in [5.41, 5.74) is 0.524. The highest BCUT2D eigenvalue weighted by Crippen LogP contribution is 2.40. The minimum atomic E-state index is -1.97. The lowest BCUT2D eigenvalue weighted by molar-refractivity contribution is -0.121. The number of ketones is 1. The number of hydrogen-bond acceptors (Lipinski definition) is 1. The molecule has 0 aromatic heterocycles. The number of hydrogen-bond donors (Lipinski definition) is 0. The Hall–Kier alpha value is -1.06. The quantitative estimate of drug-likeness (QED) is 0.590. The van der Waals surface area contributed by atoms with E-state index in [0.29, 0.717) is 18.4 Å². The van der Waals surface area contributed by atoms with Crippen molar-refractivity contribution in [3.8, 4) is 0 Å².